The monoisotopic (exact) mass is 251 g/mol. The first kappa shape index (κ1) is 14.7. The minimum absolute atomic E-state index is 0.266. The smallest absolute Gasteiger partial charge is 0.336 e. The van der Waals surface area contributed by atoms with Crippen molar-refractivity contribution in [3.8, 4) is 0 Å². The Morgan fingerprint density at radius 1 is 1.44 bits per heavy atom. The summed E-state index contributed by atoms with van der Waals surface area (Å²) in [5, 5.41) is 9.15. The molecule has 1 aromatic rings. The Hall–Kier alpha value is -1.39. The molecule has 0 heterocycles. The van der Waals surface area contributed by atoms with Crippen molar-refractivity contribution in [3.05, 3.63) is 35.4 Å². The second kappa shape index (κ2) is 7.13. The average Bonchev–Trinajstić information content (AvgIpc) is 2.36. The summed E-state index contributed by atoms with van der Waals surface area (Å²) in [5.41, 5.74) is 1.22. The van der Waals surface area contributed by atoms with E-state index in [-0.39, 0.29) is 6.04 Å². The van der Waals surface area contributed by atoms with Gasteiger partial charge in [-0.3, -0.25) is 4.90 Å². The van der Waals surface area contributed by atoms with Crippen LogP contribution in [0.4, 0.5) is 0 Å². The number of methoxy groups -OCH3 is 1. The van der Waals surface area contributed by atoms with E-state index in [2.05, 4.69) is 18.7 Å². The molecular formula is C14H21NO3. The quantitative estimate of drug-likeness (QED) is 0.807. The molecule has 0 saturated heterocycles. The zero-order valence-electron chi connectivity index (χ0n) is 11.2. The van der Waals surface area contributed by atoms with E-state index in [9.17, 15) is 4.79 Å². The van der Waals surface area contributed by atoms with Crippen LogP contribution in [0, 0.1) is 0 Å². The van der Waals surface area contributed by atoms with Crippen LogP contribution >= 0.6 is 0 Å². The molecule has 0 saturated carbocycles. The van der Waals surface area contributed by atoms with Crippen LogP contribution in [0.3, 0.4) is 0 Å². The van der Waals surface area contributed by atoms with E-state index < -0.39 is 5.97 Å². The summed E-state index contributed by atoms with van der Waals surface area (Å²) in [6, 6.07) is 7.40. The summed E-state index contributed by atoms with van der Waals surface area (Å²) in [4.78, 5) is 13.3. The molecule has 0 aliphatic heterocycles. The Morgan fingerprint density at radius 3 is 2.67 bits per heavy atom. The molecule has 100 valence electrons. The number of aromatic carboxylic acids is 1. The lowest BCUT2D eigenvalue weighted by molar-refractivity contribution is 0.0691. The standard InChI is InChI=1S/C14H21NO3/c1-4-15(11(2)10-18-3)9-12-7-5-6-8-13(12)14(16)17/h5-8,11H,4,9-10H2,1-3H3,(H,16,17). The molecule has 1 atom stereocenters. The summed E-state index contributed by atoms with van der Waals surface area (Å²) in [5.74, 6) is -0.874. The van der Waals surface area contributed by atoms with E-state index in [1.165, 1.54) is 0 Å². The van der Waals surface area contributed by atoms with Crippen molar-refractivity contribution in [1.82, 2.24) is 4.90 Å². The molecule has 0 radical (unpaired) electrons. The van der Waals surface area contributed by atoms with Crippen LogP contribution in [-0.2, 0) is 11.3 Å². The van der Waals surface area contributed by atoms with Gasteiger partial charge in [-0.05, 0) is 25.1 Å². The molecule has 1 rings (SSSR count). The van der Waals surface area contributed by atoms with Gasteiger partial charge in [0.15, 0.2) is 0 Å². The average molecular weight is 251 g/mol. The van der Waals surface area contributed by atoms with Crippen molar-refractivity contribution >= 4 is 5.97 Å². The van der Waals surface area contributed by atoms with Crippen LogP contribution in [0.2, 0.25) is 0 Å². The van der Waals surface area contributed by atoms with Crippen LogP contribution in [0.5, 0.6) is 0 Å². The number of nitrogens with zero attached hydrogens (tertiary/aromatic N) is 1. The SMILES string of the molecule is CCN(Cc1ccccc1C(=O)O)C(C)COC. The van der Waals surface area contributed by atoms with Crippen molar-refractivity contribution in [2.24, 2.45) is 0 Å². The molecule has 0 spiro atoms. The predicted molar refractivity (Wildman–Crippen MR) is 70.8 cm³/mol. The second-order valence-corrected chi connectivity index (χ2v) is 4.33. The fourth-order valence-corrected chi connectivity index (χ4v) is 2.01. The third kappa shape index (κ3) is 3.82. The van der Waals surface area contributed by atoms with Gasteiger partial charge in [-0.25, -0.2) is 4.79 Å². The summed E-state index contributed by atoms with van der Waals surface area (Å²) in [6.45, 7) is 6.27. The largest absolute Gasteiger partial charge is 0.478 e. The normalized spacial score (nSPS) is 12.7. The molecule has 18 heavy (non-hydrogen) atoms. The Bertz CT molecular complexity index is 392. The van der Waals surface area contributed by atoms with Crippen LogP contribution in [0.25, 0.3) is 0 Å². The highest BCUT2D eigenvalue weighted by Crippen LogP contribution is 2.13. The van der Waals surface area contributed by atoms with Gasteiger partial charge in [0, 0.05) is 19.7 Å². The molecule has 1 N–H and O–H groups in total. The number of carboxylic acid groups (broad SMARTS) is 1. The minimum Gasteiger partial charge on any atom is -0.478 e. The Labute approximate surface area is 108 Å². The van der Waals surface area contributed by atoms with Crippen molar-refractivity contribution in [2.75, 3.05) is 20.3 Å². The summed E-state index contributed by atoms with van der Waals surface area (Å²) in [7, 11) is 1.68. The molecule has 0 bridgehead atoms. The van der Waals surface area contributed by atoms with Crippen LogP contribution in [0.1, 0.15) is 29.8 Å². The lowest BCUT2D eigenvalue weighted by atomic mass is 10.1. The molecule has 4 heteroatoms. The topological polar surface area (TPSA) is 49.8 Å². The Balaban J connectivity index is 2.84. The molecule has 0 amide bonds. The van der Waals surface area contributed by atoms with E-state index in [0.717, 1.165) is 12.1 Å². The minimum atomic E-state index is -0.874. The predicted octanol–water partition coefficient (Wildman–Crippen LogP) is 2.24. The lowest BCUT2D eigenvalue weighted by Gasteiger charge is -2.27. The van der Waals surface area contributed by atoms with Crippen LogP contribution in [0.15, 0.2) is 24.3 Å². The van der Waals surface area contributed by atoms with E-state index in [4.69, 9.17) is 9.84 Å². The highest BCUT2D eigenvalue weighted by atomic mass is 16.5. The molecule has 4 nitrogen and oxygen atoms in total. The van der Waals surface area contributed by atoms with Gasteiger partial charge in [0.05, 0.1) is 12.2 Å². The van der Waals surface area contributed by atoms with Crippen molar-refractivity contribution in [2.45, 2.75) is 26.4 Å². The third-order valence-corrected chi connectivity index (χ3v) is 3.06. The van der Waals surface area contributed by atoms with Crippen molar-refractivity contribution in [3.63, 3.8) is 0 Å². The van der Waals surface area contributed by atoms with Gasteiger partial charge in [-0.1, -0.05) is 25.1 Å². The molecule has 0 aliphatic carbocycles. The molecule has 0 fully saturated rings. The Morgan fingerprint density at radius 2 is 2.11 bits per heavy atom. The zero-order valence-corrected chi connectivity index (χ0v) is 11.2. The fraction of sp³-hybridized carbons (Fsp3) is 0.500. The summed E-state index contributed by atoms with van der Waals surface area (Å²) >= 11 is 0. The van der Waals surface area contributed by atoms with Gasteiger partial charge in [0.2, 0.25) is 0 Å². The highest BCUT2D eigenvalue weighted by molar-refractivity contribution is 5.89. The van der Waals surface area contributed by atoms with E-state index in [0.29, 0.717) is 18.7 Å². The van der Waals surface area contributed by atoms with E-state index in [1.54, 1.807) is 19.2 Å². The van der Waals surface area contributed by atoms with Crippen molar-refractivity contribution in [1.29, 1.82) is 0 Å². The number of rotatable bonds is 7. The van der Waals surface area contributed by atoms with Gasteiger partial charge in [-0.15, -0.1) is 0 Å². The second-order valence-electron chi connectivity index (χ2n) is 4.33. The lowest BCUT2D eigenvalue weighted by Crippen LogP contribution is -2.35. The maximum Gasteiger partial charge on any atom is 0.336 e. The van der Waals surface area contributed by atoms with Crippen molar-refractivity contribution < 1.29 is 14.6 Å². The molecule has 1 aromatic carbocycles. The Kier molecular flexibility index (Phi) is 5.82. The molecule has 0 aliphatic rings. The molecule has 0 aromatic heterocycles. The first-order chi connectivity index (χ1) is 8.60. The summed E-state index contributed by atoms with van der Waals surface area (Å²) < 4.78 is 5.14. The number of hydrogen-bond donors (Lipinski definition) is 1. The van der Waals surface area contributed by atoms with Gasteiger partial charge in [0.25, 0.3) is 0 Å². The van der Waals surface area contributed by atoms with E-state index in [1.807, 2.05) is 12.1 Å². The molecular weight excluding hydrogens is 230 g/mol. The molecule has 1 unspecified atom stereocenters. The number of likely N-dealkylation sites (N-methyl/N-ethyl adjacent to an activating group) is 1. The number of benzene rings is 1. The zero-order chi connectivity index (χ0) is 13.5. The maximum atomic E-state index is 11.1. The third-order valence-electron chi connectivity index (χ3n) is 3.06. The van der Waals surface area contributed by atoms with Gasteiger partial charge < -0.3 is 9.84 Å². The number of hydrogen-bond acceptors (Lipinski definition) is 3. The van der Waals surface area contributed by atoms with E-state index >= 15 is 0 Å². The summed E-state index contributed by atoms with van der Waals surface area (Å²) in [6.07, 6.45) is 0. The first-order valence-electron chi connectivity index (χ1n) is 6.14. The van der Waals surface area contributed by atoms with Gasteiger partial charge >= 0.3 is 5.97 Å². The van der Waals surface area contributed by atoms with Gasteiger partial charge in [0.1, 0.15) is 0 Å². The van der Waals surface area contributed by atoms with Crippen LogP contribution < -0.4 is 0 Å². The van der Waals surface area contributed by atoms with Gasteiger partial charge in [-0.2, -0.15) is 0 Å². The maximum absolute atomic E-state index is 11.1. The first-order valence-corrected chi connectivity index (χ1v) is 6.14. The van der Waals surface area contributed by atoms with Crippen LogP contribution in [-0.4, -0.2) is 42.3 Å². The fourth-order valence-electron chi connectivity index (χ4n) is 2.01. The highest BCUT2D eigenvalue weighted by Gasteiger charge is 2.16. The number of ether oxygens (including phenoxy) is 1. The number of carbonyl (C=O) groups is 1. The number of carboxylic acids is 1.